The monoisotopic (exact) mass is 280 g/mol. The van der Waals surface area contributed by atoms with Crippen LogP contribution in [-0.4, -0.2) is 29.4 Å². The standard InChI is InChI=1S/C14H24N4O2/c1-9(11(3)17-19)15-13-7-5-6-8-14(13)16-10(2)12(4)18-20/h5-12,15-17,19H,1-4H3. The molecule has 0 aliphatic heterocycles. The predicted molar refractivity (Wildman–Crippen MR) is 82.3 cm³/mol. The van der Waals surface area contributed by atoms with Crippen molar-refractivity contribution in [2.45, 2.75) is 51.9 Å². The predicted octanol–water partition coefficient (Wildman–Crippen LogP) is 2.81. The van der Waals surface area contributed by atoms with Gasteiger partial charge in [0.15, 0.2) is 0 Å². The molecule has 4 unspecified atom stereocenters. The number of nitrogens with zero attached hydrogens (tertiary/aromatic N) is 1. The summed E-state index contributed by atoms with van der Waals surface area (Å²) in [5.74, 6) is 0. The van der Waals surface area contributed by atoms with Gasteiger partial charge in [-0.3, -0.25) is 0 Å². The van der Waals surface area contributed by atoms with Crippen LogP contribution >= 0.6 is 0 Å². The molecule has 0 fully saturated rings. The molecule has 0 aliphatic carbocycles. The van der Waals surface area contributed by atoms with Crippen molar-refractivity contribution in [2.75, 3.05) is 10.6 Å². The molecule has 0 spiro atoms. The van der Waals surface area contributed by atoms with Crippen LogP contribution in [0.3, 0.4) is 0 Å². The first-order valence-corrected chi connectivity index (χ1v) is 6.83. The number of anilines is 2. The van der Waals surface area contributed by atoms with Gasteiger partial charge in [-0.25, -0.2) is 5.48 Å². The Hall–Kier alpha value is -1.66. The van der Waals surface area contributed by atoms with E-state index in [2.05, 4.69) is 21.3 Å². The summed E-state index contributed by atoms with van der Waals surface area (Å²) >= 11 is 0. The number of nitroso groups, excluding NO2 is 1. The average molecular weight is 280 g/mol. The van der Waals surface area contributed by atoms with Gasteiger partial charge in [-0.05, 0) is 39.8 Å². The summed E-state index contributed by atoms with van der Waals surface area (Å²) in [6.07, 6.45) is 0. The molecule has 0 bridgehead atoms. The lowest BCUT2D eigenvalue weighted by atomic mass is 10.1. The van der Waals surface area contributed by atoms with Gasteiger partial charge in [0.05, 0.1) is 11.4 Å². The molecular formula is C14H24N4O2. The van der Waals surface area contributed by atoms with Crippen molar-refractivity contribution in [2.24, 2.45) is 5.18 Å². The zero-order valence-corrected chi connectivity index (χ0v) is 12.4. The SMILES string of the molecule is CC(N=O)C(C)Nc1ccccc1NC(C)C(C)NO. The van der Waals surface area contributed by atoms with Crippen molar-refractivity contribution in [1.82, 2.24) is 5.48 Å². The minimum atomic E-state index is -0.307. The summed E-state index contributed by atoms with van der Waals surface area (Å²) in [5.41, 5.74) is 4.07. The van der Waals surface area contributed by atoms with Crippen molar-refractivity contribution >= 4 is 11.4 Å². The lowest BCUT2D eigenvalue weighted by molar-refractivity contribution is 0.126. The number of benzene rings is 1. The Balaban J connectivity index is 2.80. The quantitative estimate of drug-likeness (QED) is 0.434. The van der Waals surface area contributed by atoms with Crippen LogP contribution in [0.2, 0.25) is 0 Å². The number of hydroxylamine groups is 1. The van der Waals surface area contributed by atoms with Crippen molar-refractivity contribution in [3.05, 3.63) is 29.2 Å². The Morgan fingerprint density at radius 2 is 1.45 bits per heavy atom. The van der Waals surface area contributed by atoms with Gasteiger partial charge in [0, 0.05) is 18.1 Å². The Morgan fingerprint density at radius 1 is 0.950 bits per heavy atom. The van der Waals surface area contributed by atoms with Crippen molar-refractivity contribution in [3.8, 4) is 0 Å². The molecule has 6 heteroatoms. The Kier molecular flexibility index (Phi) is 6.41. The molecule has 0 aromatic heterocycles. The van der Waals surface area contributed by atoms with E-state index in [4.69, 9.17) is 5.21 Å². The molecule has 0 saturated heterocycles. The number of nitrogens with one attached hydrogen (secondary N) is 3. The van der Waals surface area contributed by atoms with Gasteiger partial charge >= 0.3 is 0 Å². The van der Waals surface area contributed by atoms with Gasteiger partial charge in [0.1, 0.15) is 6.04 Å². The van der Waals surface area contributed by atoms with E-state index in [-0.39, 0.29) is 24.2 Å². The summed E-state index contributed by atoms with van der Waals surface area (Å²) in [6, 6.07) is 7.35. The van der Waals surface area contributed by atoms with Crippen LogP contribution < -0.4 is 16.1 Å². The second-order valence-corrected chi connectivity index (χ2v) is 5.18. The van der Waals surface area contributed by atoms with Gasteiger partial charge in [-0.1, -0.05) is 17.3 Å². The fourth-order valence-corrected chi connectivity index (χ4v) is 1.67. The van der Waals surface area contributed by atoms with Crippen LogP contribution in [-0.2, 0) is 0 Å². The molecule has 1 rings (SSSR count). The maximum atomic E-state index is 10.6. The van der Waals surface area contributed by atoms with Gasteiger partial charge in [-0.2, -0.15) is 4.91 Å². The average Bonchev–Trinajstić information content (AvgIpc) is 2.47. The van der Waals surface area contributed by atoms with Crippen LogP contribution in [0.15, 0.2) is 29.4 Å². The van der Waals surface area contributed by atoms with E-state index < -0.39 is 0 Å². The minimum Gasteiger partial charge on any atom is -0.379 e. The third-order valence-electron chi connectivity index (χ3n) is 3.54. The highest BCUT2D eigenvalue weighted by Crippen LogP contribution is 2.23. The van der Waals surface area contributed by atoms with Crippen molar-refractivity contribution in [3.63, 3.8) is 0 Å². The summed E-state index contributed by atoms with van der Waals surface area (Å²) < 4.78 is 0. The van der Waals surface area contributed by atoms with E-state index in [1.807, 2.05) is 45.0 Å². The first-order valence-electron chi connectivity index (χ1n) is 6.83. The molecule has 6 nitrogen and oxygen atoms in total. The molecule has 1 aromatic rings. The van der Waals surface area contributed by atoms with E-state index in [9.17, 15) is 4.91 Å². The first kappa shape index (κ1) is 16.4. The van der Waals surface area contributed by atoms with Crippen LogP contribution in [0, 0.1) is 4.91 Å². The zero-order valence-electron chi connectivity index (χ0n) is 12.4. The molecule has 0 amide bonds. The normalized spacial score (nSPS) is 16.9. The fraction of sp³-hybridized carbons (Fsp3) is 0.571. The number of para-hydroxylation sites is 2. The number of hydrogen-bond donors (Lipinski definition) is 4. The summed E-state index contributed by atoms with van der Waals surface area (Å²) in [5, 5.41) is 18.6. The first-order chi connectivity index (χ1) is 9.49. The third-order valence-corrected chi connectivity index (χ3v) is 3.54. The second-order valence-electron chi connectivity index (χ2n) is 5.18. The van der Waals surface area contributed by atoms with Crippen LogP contribution in [0.1, 0.15) is 27.7 Å². The Morgan fingerprint density at radius 3 is 1.90 bits per heavy atom. The van der Waals surface area contributed by atoms with Crippen molar-refractivity contribution in [1.29, 1.82) is 0 Å². The smallest absolute Gasteiger partial charge is 0.109 e. The highest BCUT2D eigenvalue weighted by molar-refractivity contribution is 5.69. The van der Waals surface area contributed by atoms with E-state index in [0.717, 1.165) is 11.4 Å². The van der Waals surface area contributed by atoms with Crippen molar-refractivity contribution < 1.29 is 5.21 Å². The molecule has 20 heavy (non-hydrogen) atoms. The zero-order chi connectivity index (χ0) is 15.1. The van der Waals surface area contributed by atoms with Gasteiger partial charge < -0.3 is 15.8 Å². The molecule has 112 valence electrons. The highest BCUT2D eigenvalue weighted by Gasteiger charge is 2.16. The van der Waals surface area contributed by atoms with Crippen LogP contribution in [0.4, 0.5) is 11.4 Å². The third kappa shape index (κ3) is 4.47. The largest absolute Gasteiger partial charge is 0.379 e. The molecule has 1 aromatic carbocycles. The second kappa shape index (κ2) is 7.81. The van der Waals surface area contributed by atoms with Crippen LogP contribution in [0.5, 0.6) is 0 Å². The Labute approximate surface area is 119 Å². The van der Waals surface area contributed by atoms with E-state index in [1.54, 1.807) is 6.92 Å². The number of hydrogen-bond acceptors (Lipinski definition) is 6. The molecule has 0 saturated carbocycles. The fourth-order valence-electron chi connectivity index (χ4n) is 1.67. The van der Waals surface area contributed by atoms with E-state index in [1.165, 1.54) is 0 Å². The Bertz CT molecular complexity index is 427. The molecule has 4 atom stereocenters. The number of rotatable bonds is 8. The van der Waals surface area contributed by atoms with E-state index in [0.29, 0.717) is 0 Å². The molecular weight excluding hydrogens is 256 g/mol. The summed E-state index contributed by atoms with van der Waals surface area (Å²) in [6.45, 7) is 7.56. The van der Waals surface area contributed by atoms with Gasteiger partial charge in [-0.15, -0.1) is 0 Å². The molecule has 0 heterocycles. The summed E-state index contributed by atoms with van der Waals surface area (Å²) in [7, 11) is 0. The maximum Gasteiger partial charge on any atom is 0.109 e. The highest BCUT2D eigenvalue weighted by atomic mass is 16.5. The van der Waals surface area contributed by atoms with Crippen LogP contribution in [0.25, 0.3) is 0 Å². The minimum absolute atomic E-state index is 0.0416. The summed E-state index contributed by atoms with van der Waals surface area (Å²) in [4.78, 5) is 10.6. The molecule has 4 N–H and O–H groups in total. The van der Waals surface area contributed by atoms with E-state index >= 15 is 0 Å². The lowest BCUT2D eigenvalue weighted by Crippen LogP contribution is -2.38. The molecule has 0 aliphatic rings. The molecule has 0 radical (unpaired) electrons. The maximum absolute atomic E-state index is 10.6. The van der Waals surface area contributed by atoms with Gasteiger partial charge in [0.2, 0.25) is 0 Å². The van der Waals surface area contributed by atoms with Gasteiger partial charge in [0.25, 0.3) is 0 Å². The lowest BCUT2D eigenvalue weighted by Gasteiger charge is -2.24. The topological polar surface area (TPSA) is 85.8 Å².